The highest BCUT2D eigenvalue weighted by atomic mass is 16.6. The van der Waals surface area contributed by atoms with Crippen molar-refractivity contribution in [3.05, 3.63) is 33.9 Å². The Morgan fingerprint density at radius 2 is 2.09 bits per heavy atom. The number of nitriles is 1. The normalized spacial score (nSPS) is 10.7. The molecule has 1 aromatic rings. The summed E-state index contributed by atoms with van der Waals surface area (Å²) in [6.07, 6.45) is 1.11. The highest BCUT2D eigenvalue weighted by Gasteiger charge is 2.29. The maximum atomic E-state index is 12.4. The van der Waals surface area contributed by atoms with Crippen LogP contribution in [0.25, 0.3) is 0 Å². The van der Waals surface area contributed by atoms with Crippen LogP contribution in [0.3, 0.4) is 0 Å². The zero-order valence-electron chi connectivity index (χ0n) is 13.8. The summed E-state index contributed by atoms with van der Waals surface area (Å²) >= 11 is 0. The van der Waals surface area contributed by atoms with E-state index in [4.69, 9.17) is 10.00 Å². The Kier molecular flexibility index (Phi) is 6.08. The third kappa shape index (κ3) is 4.68. The molecular weight excluding hydrogens is 298 g/mol. The second-order valence-electron chi connectivity index (χ2n) is 6.06. The molecule has 0 aliphatic carbocycles. The second kappa shape index (κ2) is 7.58. The Bertz CT molecular complexity index is 629. The van der Waals surface area contributed by atoms with Crippen LogP contribution >= 0.6 is 0 Å². The first-order chi connectivity index (χ1) is 10.7. The molecule has 1 amide bonds. The molecule has 0 fully saturated rings. The summed E-state index contributed by atoms with van der Waals surface area (Å²) in [5.41, 5.74) is -1.09. The Balaban J connectivity index is 3.11. The van der Waals surface area contributed by atoms with Crippen molar-refractivity contribution in [3.8, 4) is 11.8 Å². The number of nitrogens with zero attached hydrogens (tertiary/aromatic N) is 3. The van der Waals surface area contributed by atoms with Crippen molar-refractivity contribution in [2.75, 3.05) is 6.54 Å². The van der Waals surface area contributed by atoms with Crippen molar-refractivity contribution in [3.63, 3.8) is 0 Å². The SMILES string of the molecule is CCCCN(C(=O)Oc1cccc([N+](=O)[O-])c1C#N)C(C)(C)C. The molecule has 0 atom stereocenters. The van der Waals surface area contributed by atoms with Crippen molar-refractivity contribution in [2.45, 2.75) is 46.1 Å². The summed E-state index contributed by atoms with van der Waals surface area (Å²) in [6, 6.07) is 5.70. The molecule has 0 bridgehead atoms. The van der Waals surface area contributed by atoms with Crippen molar-refractivity contribution >= 4 is 11.8 Å². The number of nitro benzene ring substituents is 1. The molecule has 0 aliphatic rings. The Morgan fingerprint density at radius 3 is 2.57 bits per heavy atom. The summed E-state index contributed by atoms with van der Waals surface area (Å²) < 4.78 is 5.27. The molecule has 7 nitrogen and oxygen atoms in total. The molecule has 0 radical (unpaired) electrons. The number of carbonyl (C=O) groups excluding carboxylic acids is 1. The van der Waals surface area contributed by atoms with Crippen LogP contribution in [0.4, 0.5) is 10.5 Å². The third-order valence-corrected chi connectivity index (χ3v) is 3.28. The van der Waals surface area contributed by atoms with Crippen molar-refractivity contribution in [1.82, 2.24) is 4.90 Å². The number of amides is 1. The average molecular weight is 319 g/mol. The minimum Gasteiger partial charge on any atom is -0.408 e. The van der Waals surface area contributed by atoms with Crippen molar-refractivity contribution in [1.29, 1.82) is 5.26 Å². The number of carbonyl (C=O) groups is 1. The van der Waals surface area contributed by atoms with Crippen LogP contribution in [-0.4, -0.2) is 28.0 Å². The van der Waals surface area contributed by atoms with Crippen LogP contribution in [0.5, 0.6) is 5.75 Å². The first-order valence-electron chi connectivity index (χ1n) is 7.39. The topological polar surface area (TPSA) is 96.5 Å². The van der Waals surface area contributed by atoms with Gasteiger partial charge in [-0.1, -0.05) is 19.4 Å². The van der Waals surface area contributed by atoms with Gasteiger partial charge in [-0.05, 0) is 33.3 Å². The molecule has 124 valence electrons. The number of benzene rings is 1. The van der Waals surface area contributed by atoms with Gasteiger partial charge in [0.2, 0.25) is 0 Å². The van der Waals surface area contributed by atoms with E-state index in [0.29, 0.717) is 6.54 Å². The second-order valence-corrected chi connectivity index (χ2v) is 6.06. The molecule has 0 spiro atoms. The van der Waals surface area contributed by atoms with Gasteiger partial charge in [-0.15, -0.1) is 0 Å². The number of rotatable bonds is 5. The van der Waals surface area contributed by atoms with Crippen LogP contribution in [0.1, 0.15) is 46.1 Å². The van der Waals surface area contributed by atoms with Gasteiger partial charge in [0.15, 0.2) is 11.3 Å². The van der Waals surface area contributed by atoms with E-state index < -0.39 is 16.6 Å². The molecule has 23 heavy (non-hydrogen) atoms. The molecule has 0 aliphatic heterocycles. The largest absolute Gasteiger partial charge is 0.415 e. The lowest BCUT2D eigenvalue weighted by Gasteiger charge is -2.34. The van der Waals surface area contributed by atoms with E-state index in [9.17, 15) is 14.9 Å². The third-order valence-electron chi connectivity index (χ3n) is 3.28. The van der Waals surface area contributed by atoms with Gasteiger partial charge in [-0.2, -0.15) is 5.26 Å². The minimum absolute atomic E-state index is 0.0996. The van der Waals surface area contributed by atoms with Crippen molar-refractivity contribution in [2.24, 2.45) is 0 Å². The molecule has 0 saturated carbocycles. The zero-order valence-corrected chi connectivity index (χ0v) is 13.8. The number of hydrogen-bond acceptors (Lipinski definition) is 5. The lowest BCUT2D eigenvalue weighted by Crippen LogP contribution is -2.47. The fourth-order valence-corrected chi connectivity index (χ4v) is 2.04. The van der Waals surface area contributed by atoms with Crippen LogP contribution in [0.2, 0.25) is 0 Å². The van der Waals surface area contributed by atoms with Gasteiger partial charge < -0.3 is 9.64 Å². The lowest BCUT2D eigenvalue weighted by atomic mass is 10.1. The van der Waals surface area contributed by atoms with E-state index in [1.807, 2.05) is 27.7 Å². The molecular formula is C16H21N3O4. The van der Waals surface area contributed by atoms with E-state index in [1.54, 1.807) is 11.0 Å². The van der Waals surface area contributed by atoms with Crippen LogP contribution in [0.15, 0.2) is 18.2 Å². The number of ether oxygens (including phenoxy) is 1. The van der Waals surface area contributed by atoms with Gasteiger partial charge in [0.1, 0.15) is 6.07 Å². The first kappa shape index (κ1) is 18.4. The first-order valence-corrected chi connectivity index (χ1v) is 7.39. The Morgan fingerprint density at radius 1 is 1.43 bits per heavy atom. The zero-order chi connectivity index (χ0) is 17.6. The Hall–Kier alpha value is -2.62. The lowest BCUT2D eigenvalue weighted by molar-refractivity contribution is -0.385. The maximum Gasteiger partial charge on any atom is 0.415 e. The number of unbranched alkanes of at least 4 members (excludes halogenated alkanes) is 1. The summed E-state index contributed by atoms with van der Waals surface area (Å²) in [4.78, 5) is 24.3. The van der Waals surface area contributed by atoms with E-state index in [0.717, 1.165) is 12.8 Å². The fourth-order valence-electron chi connectivity index (χ4n) is 2.04. The fraction of sp³-hybridized carbons (Fsp3) is 0.500. The van der Waals surface area contributed by atoms with E-state index >= 15 is 0 Å². The molecule has 0 N–H and O–H groups in total. The molecule has 0 aromatic heterocycles. The number of nitro groups is 1. The standard InChI is InChI=1S/C16H21N3O4/c1-5-6-10-18(16(2,3)4)15(20)23-14-9-7-8-13(19(21)22)12(14)11-17/h7-9H,5-6,10H2,1-4H3. The predicted molar refractivity (Wildman–Crippen MR) is 85.2 cm³/mol. The molecule has 1 rings (SSSR count). The minimum atomic E-state index is -0.672. The average Bonchev–Trinajstić information content (AvgIpc) is 2.45. The van der Waals surface area contributed by atoms with E-state index in [-0.39, 0.29) is 17.0 Å². The molecule has 7 heteroatoms. The quantitative estimate of drug-likeness (QED) is 0.606. The van der Waals surface area contributed by atoms with Crippen molar-refractivity contribution < 1.29 is 14.5 Å². The van der Waals surface area contributed by atoms with E-state index in [1.165, 1.54) is 18.2 Å². The maximum absolute atomic E-state index is 12.4. The van der Waals surface area contributed by atoms with Crippen LogP contribution in [-0.2, 0) is 0 Å². The molecule has 0 heterocycles. The predicted octanol–water partition coefficient (Wildman–Crippen LogP) is 3.87. The summed E-state index contributed by atoms with van der Waals surface area (Å²) in [7, 11) is 0. The number of hydrogen-bond donors (Lipinski definition) is 0. The monoisotopic (exact) mass is 319 g/mol. The smallest absolute Gasteiger partial charge is 0.408 e. The van der Waals surface area contributed by atoms with Gasteiger partial charge in [0.05, 0.1) is 4.92 Å². The van der Waals surface area contributed by atoms with Gasteiger partial charge >= 0.3 is 6.09 Å². The molecule has 0 unspecified atom stereocenters. The van der Waals surface area contributed by atoms with Crippen LogP contribution < -0.4 is 4.74 Å². The Labute approximate surface area is 135 Å². The molecule has 1 aromatic carbocycles. The van der Waals surface area contributed by atoms with E-state index in [2.05, 4.69) is 0 Å². The summed E-state index contributed by atoms with van der Waals surface area (Å²) in [6.45, 7) is 8.16. The summed E-state index contributed by atoms with van der Waals surface area (Å²) in [5, 5.41) is 20.1. The molecule has 0 saturated heterocycles. The van der Waals surface area contributed by atoms with Gasteiger partial charge in [0, 0.05) is 18.2 Å². The van der Waals surface area contributed by atoms with Gasteiger partial charge in [-0.25, -0.2) is 4.79 Å². The highest BCUT2D eigenvalue weighted by molar-refractivity contribution is 5.73. The van der Waals surface area contributed by atoms with Crippen LogP contribution in [0, 0.1) is 21.4 Å². The van der Waals surface area contributed by atoms with Gasteiger partial charge in [-0.3, -0.25) is 10.1 Å². The highest BCUT2D eigenvalue weighted by Crippen LogP contribution is 2.28. The van der Waals surface area contributed by atoms with Gasteiger partial charge in [0.25, 0.3) is 5.69 Å². The summed E-state index contributed by atoms with van der Waals surface area (Å²) in [5.74, 6) is -0.0996.